The first-order valence-electron chi connectivity index (χ1n) is 7.52. The van der Waals surface area contributed by atoms with Crippen molar-refractivity contribution in [2.45, 2.75) is 38.3 Å². The summed E-state index contributed by atoms with van der Waals surface area (Å²) in [4.78, 5) is 0. The molecule has 4 nitrogen and oxygen atoms in total. The molecule has 0 aliphatic carbocycles. The smallest absolute Gasteiger partial charge is 0.139 e. The number of benzene rings is 1. The van der Waals surface area contributed by atoms with Gasteiger partial charge in [0.25, 0.3) is 0 Å². The Hall–Kier alpha value is -1.30. The van der Waals surface area contributed by atoms with Crippen molar-refractivity contribution >= 4 is 11.3 Å². The van der Waals surface area contributed by atoms with E-state index < -0.39 is 0 Å². The van der Waals surface area contributed by atoms with Crippen LogP contribution in [0, 0.1) is 0 Å². The molecule has 1 N–H and O–H groups in total. The zero-order chi connectivity index (χ0) is 14.7. The van der Waals surface area contributed by atoms with E-state index in [1.165, 1.54) is 5.56 Å². The third kappa shape index (κ3) is 3.15. The van der Waals surface area contributed by atoms with E-state index in [-0.39, 0.29) is 12.1 Å². The monoisotopic (exact) mass is 303 g/mol. The third-order valence-corrected chi connectivity index (χ3v) is 5.06. The summed E-state index contributed by atoms with van der Waals surface area (Å²) >= 11 is 1.71. The van der Waals surface area contributed by atoms with Gasteiger partial charge in [-0.2, -0.15) is 0 Å². The van der Waals surface area contributed by atoms with Gasteiger partial charge in [0.2, 0.25) is 0 Å². The first-order valence-corrected chi connectivity index (χ1v) is 8.34. The Morgan fingerprint density at radius 1 is 1.33 bits per heavy atom. The van der Waals surface area contributed by atoms with E-state index >= 15 is 0 Å². The number of hydrogen-bond donors (Lipinski definition) is 1. The molecular formula is C16H21N3OS. The van der Waals surface area contributed by atoms with E-state index in [1.807, 2.05) is 6.07 Å². The van der Waals surface area contributed by atoms with Gasteiger partial charge in [0, 0.05) is 12.5 Å². The first kappa shape index (κ1) is 14.6. The standard InChI is InChI=1S/C16H21N3OS/c1-3-17-14(12-7-5-4-6-8-12)16-19-18-15(21-16)13-9-10-20-11(13)2/h4-8,11,13-14,17H,3,9-10H2,1-2H3. The number of rotatable bonds is 5. The fraction of sp³-hybridized carbons (Fsp3) is 0.500. The molecular weight excluding hydrogens is 282 g/mol. The van der Waals surface area contributed by atoms with Crippen LogP contribution >= 0.6 is 11.3 Å². The van der Waals surface area contributed by atoms with Gasteiger partial charge in [0.05, 0.1) is 12.1 Å². The molecule has 1 fully saturated rings. The Kier molecular flexibility index (Phi) is 4.63. The first-order chi connectivity index (χ1) is 10.3. The lowest BCUT2D eigenvalue weighted by molar-refractivity contribution is 0.118. The average molecular weight is 303 g/mol. The van der Waals surface area contributed by atoms with Crippen molar-refractivity contribution in [3.63, 3.8) is 0 Å². The van der Waals surface area contributed by atoms with E-state index in [1.54, 1.807) is 11.3 Å². The largest absolute Gasteiger partial charge is 0.378 e. The quantitative estimate of drug-likeness (QED) is 0.922. The topological polar surface area (TPSA) is 47.0 Å². The van der Waals surface area contributed by atoms with Crippen molar-refractivity contribution in [1.82, 2.24) is 15.5 Å². The van der Waals surface area contributed by atoms with E-state index in [0.29, 0.717) is 5.92 Å². The fourth-order valence-electron chi connectivity index (χ4n) is 2.77. The molecule has 5 heteroatoms. The molecule has 0 spiro atoms. The predicted octanol–water partition coefficient (Wildman–Crippen LogP) is 3.13. The van der Waals surface area contributed by atoms with Gasteiger partial charge >= 0.3 is 0 Å². The zero-order valence-electron chi connectivity index (χ0n) is 12.5. The Balaban J connectivity index is 1.85. The summed E-state index contributed by atoms with van der Waals surface area (Å²) < 4.78 is 5.64. The molecule has 0 radical (unpaired) electrons. The summed E-state index contributed by atoms with van der Waals surface area (Å²) in [5.74, 6) is 0.397. The molecule has 3 unspecified atom stereocenters. The maximum Gasteiger partial charge on any atom is 0.139 e. The molecule has 1 aromatic heterocycles. The highest BCUT2D eigenvalue weighted by atomic mass is 32.1. The Labute approximate surface area is 129 Å². The lowest BCUT2D eigenvalue weighted by Gasteiger charge is -2.15. The molecule has 2 heterocycles. The zero-order valence-corrected chi connectivity index (χ0v) is 13.3. The van der Waals surface area contributed by atoms with E-state index in [2.05, 4.69) is 53.6 Å². The second-order valence-corrected chi connectivity index (χ2v) is 6.39. The average Bonchev–Trinajstić information content (AvgIpc) is 3.14. The van der Waals surface area contributed by atoms with E-state index in [9.17, 15) is 0 Å². The van der Waals surface area contributed by atoms with Gasteiger partial charge in [-0.15, -0.1) is 10.2 Å². The highest BCUT2D eigenvalue weighted by Crippen LogP contribution is 2.35. The molecule has 0 saturated carbocycles. The molecule has 2 aromatic rings. The summed E-state index contributed by atoms with van der Waals surface area (Å²) in [6, 6.07) is 10.6. The summed E-state index contributed by atoms with van der Waals surface area (Å²) in [5.41, 5.74) is 1.23. The number of nitrogens with zero attached hydrogens (tertiary/aromatic N) is 2. The highest BCUT2D eigenvalue weighted by molar-refractivity contribution is 7.11. The Bertz CT molecular complexity index is 572. The van der Waals surface area contributed by atoms with Crippen molar-refractivity contribution < 1.29 is 4.74 Å². The minimum absolute atomic E-state index is 0.125. The third-order valence-electron chi connectivity index (χ3n) is 3.94. The van der Waals surface area contributed by atoms with E-state index in [4.69, 9.17) is 4.74 Å². The van der Waals surface area contributed by atoms with Crippen LogP contribution in [0.25, 0.3) is 0 Å². The van der Waals surface area contributed by atoms with Crippen LogP contribution in [-0.4, -0.2) is 29.5 Å². The number of aromatic nitrogens is 2. The summed E-state index contributed by atoms with van der Waals surface area (Å²) in [6.45, 7) is 5.97. The Morgan fingerprint density at radius 3 is 2.81 bits per heavy atom. The lowest BCUT2D eigenvalue weighted by Crippen LogP contribution is -2.21. The molecule has 1 aliphatic heterocycles. The Morgan fingerprint density at radius 2 is 2.14 bits per heavy atom. The SMILES string of the molecule is CCNC(c1ccccc1)c1nnc(C2CCOC2C)s1. The van der Waals surface area contributed by atoms with Gasteiger partial charge in [-0.1, -0.05) is 48.6 Å². The maximum atomic E-state index is 5.64. The summed E-state index contributed by atoms with van der Waals surface area (Å²) in [7, 11) is 0. The van der Waals surface area contributed by atoms with Gasteiger partial charge in [-0.3, -0.25) is 0 Å². The molecule has 1 aromatic carbocycles. The fourth-order valence-corrected chi connectivity index (χ4v) is 3.94. The van der Waals surface area contributed by atoms with Crippen LogP contribution in [0.15, 0.2) is 30.3 Å². The van der Waals surface area contributed by atoms with Crippen LogP contribution in [0.1, 0.15) is 47.8 Å². The lowest BCUT2D eigenvalue weighted by atomic mass is 10.0. The molecule has 1 aliphatic rings. The normalized spacial score (nSPS) is 23.3. The van der Waals surface area contributed by atoms with Crippen molar-refractivity contribution in [2.75, 3.05) is 13.2 Å². The number of hydrogen-bond acceptors (Lipinski definition) is 5. The molecule has 0 amide bonds. The van der Waals surface area contributed by atoms with Crippen LogP contribution in [0.4, 0.5) is 0 Å². The molecule has 112 valence electrons. The van der Waals surface area contributed by atoms with E-state index in [0.717, 1.165) is 29.6 Å². The van der Waals surface area contributed by atoms with Crippen LogP contribution in [0.3, 0.4) is 0 Å². The van der Waals surface area contributed by atoms with Crippen molar-refractivity contribution in [2.24, 2.45) is 0 Å². The predicted molar refractivity (Wildman–Crippen MR) is 84.6 cm³/mol. The van der Waals surface area contributed by atoms with Gasteiger partial charge in [0.15, 0.2) is 0 Å². The van der Waals surface area contributed by atoms with Gasteiger partial charge in [-0.05, 0) is 25.5 Å². The second kappa shape index (κ2) is 6.64. The number of nitrogens with one attached hydrogen (secondary N) is 1. The molecule has 3 rings (SSSR count). The van der Waals surface area contributed by atoms with Gasteiger partial charge in [0.1, 0.15) is 10.0 Å². The molecule has 21 heavy (non-hydrogen) atoms. The minimum atomic E-state index is 0.125. The van der Waals surface area contributed by atoms with Crippen molar-refractivity contribution in [1.29, 1.82) is 0 Å². The second-order valence-electron chi connectivity index (χ2n) is 5.35. The minimum Gasteiger partial charge on any atom is -0.378 e. The van der Waals surface area contributed by atoms with Crippen LogP contribution in [-0.2, 0) is 4.74 Å². The summed E-state index contributed by atoms with van der Waals surface area (Å²) in [6.07, 6.45) is 1.30. The van der Waals surface area contributed by atoms with Crippen LogP contribution < -0.4 is 5.32 Å². The van der Waals surface area contributed by atoms with Crippen LogP contribution in [0.5, 0.6) is 0 Å². The van der Waals surface area contributed by atoms with Crippen molar-refractivity contribution in [3.05, 3.63) is 45.9 Å². The highest BCUT2D eigenvalue weighted by Gasteiger charge is 2.30. The van der Waals surface area contributed by atoms with Gasteiger partial charge < -0.3 is 10.1 Å². The molecule has 1 saturated heterocycles. The molecule has 3 atom stereocenters. The number of ether oxygens (including phenoxy) is 1. The maximum absolute atomic E-state index is 5.64. The summed E-state index contributed by atoms with van der Waals surface area (Å²) in [5, 5.41) is 14.5. The molecule has 0 bridgehead atoms. The van der Waals surface area contributed by atoms with Crippen molar-refractivity contribution in [3.8, 4) is 0 Å². The van der Waals surface area contributed by atoms with Crippen LogP contribution in [0.2, 0.25) is 0 Å². The van der Waals surface area contributed by atoms with Gasteiger partial charge in [-0.25, -0.2) is 0 Å².